The van der Waals surface area contributed by atoms with E-state index in [4.69, 9.17) is 4.74 Å². The summed E-state index contributed by atoms with van der Waals surface area (Å²) < 4.78 is 19.1. The average molecular weight is 268 g/mol. The third-order valence-electron chi connectivity index (χ3n) is 3.35. The third kappa shape index (κ3) is 3.53. The highest BCUT2D eigenvalue weighted by atomic mass is 19.1. The molecule has 1 aliphatic rings. The maximum absolute atomic E-state index is 13.7. The van der Waals surface area contributed by atoms with E-state index in [0.29, 0.717) is 5.95 Å². The molecule has 0 spiro atoms. The Morgan fingerprint density at radius 3 is 3.05 bits per heavy atom. The van der Waals surface area contributed by atoms with Gasteiger partial charge in [0.2, 0.25) is 5.95 Å². The molecule has 0 amide bonds. The molecular formula is C13H21FN4O. The number of halogens is 1. The van der Waals surface area contributed by atoms with Crippen LogP contribution in [-0.2, 0) is 4.74 Å². The molecule has 1 fully saturated rings. The van der Waals surface area contributed by atoms with Crippen LogP contribution in [0.15, 0.2) is 6.20 Å². The number of hydrogen-bond acceptors (Lipinski definition) is 5. The molecule has 2 rings (SSSR count). The Labute approximate surface area is 113 Å². The SMILES string of the molecule is CCCNc1ncc(F)c(NC2CCCC2OC)n1. The van der Waals surface area contributed by atoms with Crippen LogP contribution in [0.4, 0.5) is 16.2 Å². The topological polar surface area (TPSA) is 59.1 Å². The lowest BCUT2D eigenvalue weighted by molar-refractivity contribution is 0.101. The minimum atomic E-state index is -0.427. The van der Waals surface area contributed by atoms with Gasteiger partial charge in [0, 0.05) is 13.7 Å². The minimum absolute atomic E-state index is 0.119. The summed E-state index contributed by atoms with van der Waals surface area (Å²) >= 11 is 0. The number of ether oxygens (including phenoxy) is 1. The van der Waals surface area contributed by atoms with Crippen LogP contribution < -0.4 is 10.6 Å². The first kappa shape index (κ1) is 14.0. The van der Waals surface area contributed by atoms with E-state index in [0.717, 1.165) is 32.2 Å². The van der Waals surface area contributed by atoms with Crippen LogP contribution >= 0.6 is 0 Å². The molecule has 6 heteroatoms. The van der Waals surface area contributed by atoms with Gasteiger partial charge in [0.05, 0.1) is 18.3 Å². The van der Waals surface area contributed by atoms with Gasteiger partial charge in [-0.2, -0.15) is 4.98 Å². The number of hydrogen-bond donors (Lipinski definition) is 2. The second kappa shape index (κ2) is 6.65. The van der Waals surface area contributed by atoms with E-state index in [-0.39, 0.29) is 18.0 Å². The summed E-state index contributed by atoms with van der Waals surface area (Å²) in [5, 5.41) is 6.19. The van der Waals surface area contributed by atoms with Crippen molar-refractivity contribution in [1.82, 2.24) is 9.97 Å². The van der Waals surface area contributed by atoms with Crippen molar-refractivity contribution >= 4 is 11.8 Å². The average Bonchev–Trinajstić information content (AvgIpc) is 2.87. The summed E-state index contributed by atoms with van der Waals surface area (Å²) in [7, 11) is 1.69. The Morgan fingerprint density at radius 1 is 1.47 bits per heavy atom. The fourth-order valence-corrected chi connectivity index (χ4v) is 2.34. The first-order valence-electron chi connectivity index (χ1n) is 6.80. The molecule has 106 valence electrons. The maximum atomic E-state index is 13.7. The van der Waals surface area contributed by atoms with Gasteiger partial charge in [-0.05, 0) is 25.7 Å². The zero-order valence-electron chi connectivity index (χ0n) is 11.4. The molecule has 2 unspecified atom stereocenters. The molecule has 1 aliphatic carbocycles. The van der Waals surface area contributed by atoms with Crippen molar-refractivity contribution in [3.63, 3.8) is 0 Å². The summed E-state index contributed by atoms with van der Waals surface area (Å²) in [5.74, 6) is 0.282. The number of methoxy groups -OCH3 is 1. The zero-order valence-corrected chi connectivity index (χ0v) is 11.4. The molecule has 5 nitrogen and oxygen atoms in total. The number of nitrogens with zero attached hydrogens (tertiary/aromatic N) is 2. The molecule has 0 saturated heterocycles. The predicted molar refractivity (Wildman–Crippen MR) is 72.8 cm³/mol. The van der Waals surface area contributed by atoms with Crippen molar-refractivity contribution in [2.75, 3.05) is 24.3 Å². The highest BCUT2D eigenvalue weighted by Crippen LogP contribution is 2.25. The van der Waals surface area contributed by atoms with Crippen LogP contribution in [-0.4, -0.2) is 35.8 Å². The number of rotatable bonds is 6. The van der Waals surface area contributed by atoms with E-state index < -0.39 is 5.82 Å². The molecule has 0 bridgehead atoms. The molecule has 2 N–H and O–H groups in total. The molecule has 2 atom stereocenters. The van der Waals surface area contributed by atoms with E-state index in [1.54, 1.807) is 7.11 Å². The van der Waals surface area contributed by atoms with E-state index in [1.807, 2.05) is 0 Å². The van der Waals surface area contributed by atoms with Crippen LogP contribution in [0.2, 0.25) is 0 Å². The Balaban J connectivity index is 2.05. The van der Waals surface area contributed by atoms with E-state index >= 15 is 0 Å². The highest BCUT2D eigenvalue weighted by Gasteiger charge is 2.28. The smallest absolute Gasteiger partial charge is 0.224 e. The monoisotopic (exact) mass is 268 g/mol. The molecule has 1 heterocycles. The van der Waals surface area contributed by atoms with E-state index in [1.165, 1.54) is 6.20 Å². The summed E-state index contributed by atoms with van der Waals surface area (Å²) in [6.07, 6.45) is 5.36. The molecular weight excluding hydrogens is 247 g/mol. The number of aromatic nitrogens is 2. The lowest BCUT2D eigenvalue weighted by Gasteiger charge is -2.20. The molecule has 1 saturated carbocycles. The van der Waals surface area contributed by atoms with Crippen molar-refractivity contribution in [3.8, 4) is 0 Å². The van der Waals surface area contributed by atoms with Gasteiger partial charge in [0.25, 0.3) is 0 Å². The van der Waals surface area contributed by atoms with Crippen LogP contribution in [0.5, 0.6) is 0 Å². The van der Waals surface area contributed by atoms with Crippen molar-refractivity contribution < 1.29 is 9.13 Å². The lowest BCUT2D eigenvalue weighted by atomic mass is 10.2. The molecule has 0 aromatic carbocycles. The molecule has 0 aliphatic heterocycles. The van der Waals surface area contributed by atoms with Gasteiger partial charge in [-0.1, -0.05) is 6.92 Å². The van der Waals surface area contributed by atoms with Gasteiger partial charge in [0.15, 0.2) is 11.6 Å². The first-order chi connectivity index (χ1) is 9.24. The van der Waals surface area contributed by atoms with Gasteiger partial charge in [-0.3, -0.25) is 0 Å². The zero-order chi connectivity index (χ0) is 13.7. The van der Waals surface area contributed by atoms with Crippen LogP contribution in [0, 0.1) is 5.82 Å². The normalized spacial score (nSPS) is 22.5. The fourth-order valence-electron chi connectivity index (χ4n) is 2.34. The van der Waals surface area contributed by atoms with Gasteiger partial charge in [-0.25, -0.2) is 9.37 Å². The summed E-state index contributed by atoms with van der Waals surface area (Å²) in [4.78, 5) is 8.10. The summed E-state index contributed by atoms with van der Waals surface area (Å²) in [6, 6.07) is 0.119. The molecule has 1 aromatic heterocycles. The van der Waals surface area contributed by atoms with Crippen LogP contribution in [0.1, 0.15) is 32.6 Å². The molecule has 1 aromatic rings. The third-order valence-corrected chi connectivity index (χ3v) is 3.35. The molecule has 0 radical (unpaired) electrons. The van der Waals surface area contributed by atoms with Crippen LogP contribution in [0.25, 0.3) is 0 Å². The quantitative estimate of drug-likeness (QED) is 0.829. The largest absolute Gasteiger partial charge is 0.379 e. The number of nitrogens with one attached hydrogen (secondary N) is 2. The van der Waals surface area contributed by atoms with Crippen molar-refractivity contribution in [1.29, 1.82) is 0 Å². The standard InChI is InChI=1S/C13H21FN4O/c1-3-7-15-13-16-8-9(14)12(18-13)17-10-5-4-6-11(10)19-2/h8,10-11H,3-7H2,1-2H3,(H2,15,16,17,18). The predicted octanol–water partition coefficient (Wildman–Crippen LogP) is 2.42. The second-order valence-corrected chi connectivity index (χ2v) is 4.77. The minimum Gasteiger partial charge on any atom is -0.379 e. The highest BCUT2D eigenvalue weighted by molar-refractivity contribution is 5.42. The summed E-state index contributed by atoms with van der Waals surface area (Å²) in [5.41, 5.74) is 0. The Bertz CT molecular complexity index is 416. The fraction of sp³-hybridized carbons (Fsp3) is 0.692. The van der Waals surface area contributed by atoms with E-state index in [2.05, 4.69) is 27.5 Å². The van der Waals surface area contributed by atoms with Crippen molar-refractivity contribution in [3.05, 3.63) is 12.0 Å². The Morgan fingerprint density at radius 2 is 2.32 bits per heavy atom. The van der Waals surface area contributed by atoms with Crippen molar-refractivity contribution in [2.45, 2.75) is 44.8 Å². The van der Waals surface area contributed by atoms with Crippen LogP contribution in [0.3, 0.4) is 0 Å². The van der Waals surface area contributed by atoms with Crippen molar-refractivity contribution in [2.24, 2.45) is 0 Å². The van der Waals surface area contributed by atoms with Gasteiger partial charge in [0.1, 0.15) is 0 Å². The lowest BCUT2D eigenvalue weighted by Crippen LogP contribution is -2.30. The van der Waals surface area contributed by atoms with Gasteiger partial charge >= 0.3 is 0 Å². The first-order valence-corrected chi connectivity index (χ1v) is 6.80. The number of anilines is 2. The summed E-state index contributed by atoms with van der Waals surface area (Å²) in [6.45, 7) is 2.83. The Kier molecular flexibility index (Phi) is 4.90. The van der Waals surface area contributed by atoms with Gasteiger partial charge < -0.3 is 15.4 Å². The van der Waals surface area contributed by atoms with E-state index in [9.17, 15) is 4.39 Å². The Hall–Kier alpha value is -1.43. The molecule has 19 heavy (non-hydrogen) atoms. The van der Waals surface area contributed by atoms with Gasteiger partial charge in [-0.15, -0.1) is 0 Å². The maximum Gasteiger partial charge on any atom is 0.224 e. The second-order valence-electron chi connectivity index (χ2n) is 4.77.